The van der Waals surface area contributed by atoms with Gasteiger partial charge in [-0.1, -0.05) is 62.9 Å². The van der Waals surface area contributed by atoms with Gasteiger partial charge in [0.05, 0.1) is 18.4 Å². The number of rotatable bonds is 13. The molecule has 12 nitrogen and oxygen atoms in total. The first-order valence-electron chi connectivity index (χ1n) is 13.7. The monoisotopic (exact) mass is 598 g/mol. The summed E-state index contributed by atoms with van der Waals surface area (Å²) in [5.41, 5.74) is -0.271. The number of nitrogens with zero attached hydrogens (tertiary/aromatic N) is 3. The molecule has 224 valence electrons. The van der Waals surface area contributed by atoms with Crippen LogP contribution in [0.2, 0.25) is 0 Å². The number of carboxylic acid groups (broad SMARTS) is 1. The van der Waals surface area contributed by atoms with Crippen LogP contribution in [0.25, 0.3) is 0 Å². The van der Waals surface area contributed by atoms with Crippen LogP contribution in [0.15, 0.2) is 72.0 Å². The number of hydrogen-bond donors (Lipinski definition) is 3. The highest BCUT2D eigenvalue weighted by Crippen LogP contribution is 2.29. The normalized spacial score (nSPS) is 17.5. The fraction of sp³-hybridized carbons (Fsp3) is 0.379. The third-order valence-corrected chi connectivity index (χ3v) is 8.02. The largest absolute Gasteiger partial charge is 0.488 e. The molecule has 4 rings (SSSR count). The number of aromatic nitrogens is 2. The molecule has 2 amide bonds. The fourth-order valence-corrected chi connectivity index (χ4v) is 5.73. The number of carboxylic acids is 1. The van der Waals surface area contributed by atoms with E-state index in [2.05, 4.69) is 17.2 Å². The van der Waals surface area contributed by atoms with E-state index in [4.69, 9.17) is 4.74 Å². The summed E-state index contributed by atoms with van der Waals surface area (Å²) in [6, 6.07) is 12.3. The molecule has 0 radical (unpaired) electrons. The van der Waals surface area contributed by atoms with Gasteiger partial charge in [0.25, 0.3) is 16.0 Å². The number of para-hydroxylation sites is 1. The molecule has 3 unspecified atom stereocenters. The zero-order valence-electron chi connectivity index (χ0n) is 23.1. The van der Waals surface area contributed by atoms with E-state index in [-0.39, 0.29) is 24.3 Å². The third-order valence-electron chi connectivity index (χ3n) is 7.11. The highest BCUT2D eigenvalue weighted by Gasteiger charge is 2.43. The molecule has 3 atom stereocenters. The van der Waals surface area contributed by atoms with Crippen LogP contribution in [0, 0.1) is 0 Å². The summed E-state index contributed by atoms with van der Waals surface area (Å²) in [7, 11) is -4.65. The second-order valence-electron chi connectivity index (χ2n) is 10.1. The van der Waals surface area contributed by atoms with Crippen LogP contribution in [-0.4, -0.2) is 69.0 Å². The number of carbonyl (C=O) groups is 3. The summed E-state index contributed by atoms with van der Waals surface area (Å²) < 4.78 is 40.4. The van der Waals surface area contributed by atoms with E-state index in [1.165, 1.54) is 40.2 Å². The SMILES string of the molecule is CCCCCCC(C(=O)N1CC(Oc2ccccc2)CC1C(=O)O)n1cnc(NC(=O)c2ccccc2S(=O)(=O)O)c1. The van der Waals surface area contributed by atoms with Gasteiger partial charge in [-0.25, -0.2) is 9.78 Å². The molecule has 42 heavy (non-hydrogen) atoms. The van der Waals surface area contributed by atoms with Gasteiger partial charge in [0.2, 0.25) is 5.91 Å². The minimum Gasteiger partial charge on any atom is -0.488 e. The van der Waals surface area contributed by atoms with Gasteiger partial charge in [0.15, 0.2) is 5.82 Å². The van der Waals surface area contributed by atoms with Crippen LogP contribution < -0.4 is 10.1 Å². The molecule has 1 aliphatic heterocycles. The Labute approximate surface area is 244 Å². The first kappa shape index (κ1) is 30.7. The van der Waals surface area contributed by atoms with E-state index in [1.54, 1.807) is 12.1 Å². The number of ether oxygens (including phenoxy) is 1. The average molecular weight is 599 g/mol. The van der Waals surface area contributed by atoms with E-state index in [0.29, 0.717) is 18.6 Å². The zero-order valence-corrected chi connectivity index (χ0v) is 23.9. The Morgan fingerprint density at radius 2 is 1.79 bits per heavy atom. The quantitative estimate of drug-likeness (QED) is 0.194. The Kier molecular flexibility index (Phi) is 9.96. The molecule has 2 aromatic carbocycles. The molecule has 3 N–H and O–H groups in total. The first-order valence-corrected chi connectivity index (χ1v) is 15.2. The van der Waals surface area contributed by atoms with Gasteiger partial charge in [0.1, 0.15) is 28.8 Å². The summed E-state index contributed by atoms with van der Waals surface area (Å²) in [4.78, 5) is 43.9. The number of carbonyl (C=O) groups excluding carboxylic acids is 2. The molecule has 1 fully saturated rings. The van der Waals surface area contributed by atoms with Crippen LogP contribution in [0.3, 0.4) is 0 Å². The van der Waals surface area contributed by atoms with Crippen LogP contribution in [-0.2, 0) is 19.7 Å². The molecular weight excluding hydrogens is 564 g/mol. The van der Waals surface area contributed by atoms with E-state index >= 15 is 0 Å². The second kappa shape index (κ2) is 13.6. The molecule has 2 heterocycles. The van der Waals surface area contributed by atoms with Crippen molar-refractivity contribution in [2.24, 2.45) is 0 Å². The summed E-state index contributed by atoms with van der Waals surface area (Å²) in [5, 5.41) is 12.4. The lowest BCUT2D eigenvalue weighted by Crippen LogP contribution is -2.44. The number of hydrogen-bond acceptors (Lipinski definition) is 7. The van der Waals surface area contributed by atoms with Crippen molar-refractivity contribution >= 4 is 33.7 Å². The van der Waals surface area contributed by atoms with Gasteiger partial charge in [-0.3, -0.25) is 14.1 Å². The van der Waals surface area contributed by atoms with Crippen molar-refractivity contribution in [1.29, 1.82) is 0 Å². The summed E-state index contributed by atoms with van der Waals surface area (Å²) >= 11 is 0. The van der Waals surface area contributed by atoms with E-state index in [9.17, 15) is 32.5 Å². The van der Waals surface area contributed by atoms with Gasteiger partial charge in [-0.15, -0.1) is 0 Å². The molecule has 0 saturated carbocycles. The lowest BCUT2D eigenvalue weighted by atomic mass is 10.1. The van der Waals surface area contributed by atoms with E-state index in [1.807, 2.05) is 18.2 Å². The summed E-state index contributed by atoms with van der Waals surface area (Å²) in [5.74, 6) is -1.69. The van der Waals surface area contributed by atoms with Gasteiger partial charge >= 0.3 is 5.97 Å². The van der Waals surface area contributed by atoms with Crippen LogP contribution in [0.5, 0.6) is 5.75 Å². The highest BCUT2D eigenvalue weighted by molar-refractivity contribution is 7.86. The minimum atomic E-state index is -4.65. The Morgan fingerprint density at radius 3 is 2.48 bits per heavy atom. The van der Waals surface area contributed by atoms with Gasteiger partial charge in [-0.05, 0) is 30.7 Å². The minimum absolute atomic E-state index is 0.0537. The lowest BCUT2D eigenvalue weighted by Gasteiger charge is -2.27. The fourth-order valence-electron chi connectivity index (χ4n) is 5.04. The topological polar surface area (TPSA) is 168 Å². The van der Waals surface area contributed by atoms with Gasteiger partial charge in [-0.2, -0.15) is 8.42 Å². The van der Waals surface area contributed by atoms with Crippen LogP contribution in [0.4, 0.5) is 5.82 Å². The smallest absolute Gasteiger partial charge is 0.326 e. The number of unbranched alkanes of at least 4 members (excludes halogenated alkanes) is 3. The number of benzene rings is 2. The zero-order chi connectivity index (χ0) is 30.3. The third kappa shape index (κ3) is 7.53. The average Bonchev–Trinajstić information content (AvgIpc) is 3.60. The standard InChI is InChI=1S/C29H34N4O8S/c1-2-3-4-8-14-23(28(35)33-17-21(16-24(33)29(36)37)41-20-11-6-5-7-12-20)32-18-26(30-19-32)31-27(34)22-13-9-10-15-25(22)42(38,39)40/h5-7,9-13,15,18-19,21,23-24H,2-4,8,14,16-17H2,1H3,(H,31,34)(H,36,37)(H,38,39,40). The number of nitrogens with one attached hydrogen (secondary N) is 1. The van der Waals surface area contributed by atoms with Crippen molar-refractivity contribution in [3.63, 3.8) is 0 Å². The maximum absolute atomic E-state index is 13.9. The maximum Gasteiger partial charge on any atom is 0.326 e. The summed E-state index contributed by atoms with van der Waals surface area (Å²) in [6.07, 6.45) is 6.44. The van der Waals surface area contributed by atoms with E-state index in [0.717, 1.165) is 25.3 Å². The van der Waals surface area contributed by atoms with Crippen molar-refractivity contribution in [2.75, 3.05) is 11.9 Å². The summed E-state index contributed by atoms with van der Waals surface area (Å²) in [6.45, 7) is 2.17. The molecule has 0 bridgehead atoms. The van der Waals surface area contributed by atoms with Crippen molar-refractivity contribution in [3.8, 4) is 5.75 Å². The van der Waals surface area contributed by atoms with Gasteiger partial charge < -0.3 is 24.6 Å². The number of amides is 2. The maximum atomic E-state index is 13.9. The molecule has 13 heteroatoms. The van der Waals surface area contributed by atoms with Crippen LogP contribution in [0.1, 0.15) is 61.8 Å². The number of anilines is 1. The molecule has 0 aliphatic carbocycles. The molecule has 1 saturated heterocycles. The molecule has 1 aliphatic rings. The highest BCUT2D eigenvalue weighted by atomic mass is 32.2. The molecule has 3 aromatic rings. The first-order chi connectivity index (χ1) is 20.1. The van der Waals surface area contributed by atoms with E-state index < -0.39 is 51.0 Å². The van der Waals surface area contributed by atoms with Gasteiger partial charge in [0, 0.05) is 12.6 Å². The lowest BCUT2D eigenvalue weighted by molar-refractivity contribution is -0.149. The second-order valence-corrected chi connectivity index (χ2v) is 11.5. The van der Waals surface area contributed by atoms with Crippen LogP contribution >= 0.6 is 0 Å². The Bertz CT molecular complexity index is 1510. The predicted molar refractivity (Wildman–Crippen MR) is 153 cm³/mol. The molecule has 1 aromatic heterocycles. The van der Waals surface area contributed by atoms with Crippen molar-refractivity contribution < 1.29 is 37.2 Å². The van der Waals surface area contributed by atoms with Crippen molar-refractivity contribution in [3.05, 3.63) is 72.7 Å². The number of imidazole rings is 1. The number of aliphatic carboxylic acids is 1. The van der Waals surface area contributed by atoms with Crippen molar-refractivity contribution in [1.82, 2.24) is 14.5 Å². The predicted octanol–water partition coefficient (Wildman–Crippen LogP) is 4.03. The molecular formula is C29H34N4O8S. The Hall–Kier alpha value is -4.23. The molecule has 0 spiro atoms. The Morgan fingerprint density at radius 1 is 1.07 bits per heavy atom. The Balaban J connectivity index is 1.55. The number of likely N-dealkylation sites (tertiary alicyclic amines) is 1. The van der Waals surface area contributed by atoms with Crippen molar-refractivity contribution in [2.45, 2.75) is 68.5 Å².